The molecular formula is C60H78Cl2N12O12S2. The summed E-state index contributed by atoms with van der Waals surface area (Å²) in [4.78, 5) is 30.0. The predicted molar refractivity (Wildman–Crippen MR) is 329 cm³/mol. The Balaban J connectivity index is 0.553. The van der Waals surface area contributed by atoms with E-state index in [1.165, 1.54) is 24.3 Å². The maximum atomic E-state index is 13.1. The number of benzene rings is 4. The number of nitrogens with one attached hydrogen (secondary N) is 8. The number of carbonyl (C=O) groups excluding carboxylic acids is 2. The molecule has 0 radical (unpaired) electrons. The van der Waals surface area contributed by atoms with Crippen LogP contribution in [0.3, 0.4) is 0 Å². The van der Waals surface area contributed by atoms with E-state index >= 15 is 0 Å². The zero-order valence-electron chi connectivity index (χ0n) is 49.0. The summed E-state index contributed by atoms with van der Waals surface area (Å²) in [7, 11) is -7.65. The molecule has 3 fully saturated rings. The molecule has 2 heterocycles. The topological polar surface area (TPSA) is 308 Å². The molecule has 4 aromatic rings. The molecule has 4 atom stereocenters. The van der Waals surface area contributed by atoms with Gasteiger partial charge in [0.2, 0.25) is 20.0 Å². The molecule has 3 aliphatic carbocycles. The first-order valence-corrected chi connectivity index (χ1v) is 33.7. The lowest BCUT2D eigenvalue weighted by Crippen LogP contribution is -2.50. The van der Waals surface area contributed by atoms with Crippen LogP contribution in [0.4, 0.5) is 9.59 Å². The zero-order valence-corrected chi connectivity index (χ0v) is 52.2. The summed E-state index contributed by atoms with van der Waals surface area (Å²) < 4.78 is 92.7. The Morgan fingerprint density at radius 1 is 0.523 bits per heavy atom. The molecule has 0 unspecified atom stereocenters. The van der Waals surface area contributed by atoms with E-state index in [0.717, 1.165) is 74.6 Å². The fraction of sp³-hybridized carbons (Fsp3) is 0.533. The lowest BCUT2D eigenvalue weighted by atomic mass is 9.91. The van der Waals surface area contributed by atoms with Gasteiger partial charge >= 0.3 is 12.1 Å². The molecule has 4 amide bonds. The maximum Gasteiger partial charge on any atom is 0.315 e. The van der Waals surface area contributed by atoms with Gasteiger partial charge in [0, 0.05) is 101 Å². The van der Waals surface area contributed by atoms with Crippen molar-refractivity contribution in [2.75, 3.05) is 131 Å². The first kappa shape index (κ1) is 66.5. The van der Waals surface area contributed by atoms with Crippen LogP contribution in [-0.2, 0) is 51.8 Å². The van der Waals surface area contributed by atoms with E-state index in [4.69, 9.17) is 51.6 Å². The number of carbonyl (C=O) groups is 2. The van der Waals surface area contributed by atoms with Crippen LogP contribution in [-0.4, -0.2) is 194 Å². The number of hydrogen-bond donors (Lipinski definition) is 8. The summed E-state index contributed by atoms with van der Waals surface area (Å²) in [5.41, 5.74) is 4.68. The van der Waals surface area contributed by atoms with Crippen molar-refractivity contribution in [1.29, 1.82) is 10.5 Å². The minimum Gasteiger partial charge on any atom is -0.484 e. The van der Waals surface area contributed by atoms with Gasteiger partial charge in [-0.25, -0.2) is 35.9 Å². The Morgan fingerprint density at radius 2 is 0.875 bits per heavy atom. The first-order chi connectivity index (χ1) is 42.7. The Bertz CT molecular complexity index is 3070. The first-order valence-electron chi connectivity index (χ1n) is 29.9. The van der Waals surface area contributed by atoms with Gasteiger partial charge in [-0.15, -0.1) is 0 Å². The van der Waals surface area contributed by atoms with Crippen LogP contribution in [0.5, 0.6) is 11.5 Å². The third-order valence-electron chi connectivity index (χ3n) is 16.2. The molecule has 5 aliphatic rings. The van der Waals surface area contributed by atoms with Gasteiger partial charge in [0.25, 0.3) is 0 Å². The minimum absolute atomic E-state index is 0.00513. The second kappa shape index (κ2) is 32.7. The molecule has 9 rings (SSSR count). The summed E-state index contributed by atoms with van der Waals surface area (Å²) >= 11 is 12.8. The number of fused-ring (bicyclic) bond motifs is 2. The van der Waals surface area contributed by atoms with Crippen LogP contribution in [0.15, 0.2) is 82.6 Å². The second-order valence-electron chi connectivity index (χ2n) is 22.0. The predicted octanol–water partition coefficient (Wildman–Crippen LogP) is 3.87. The van der Waals surface area contributed by atoms with Crippen LogP contribution in [0.1, 0.15) is 71.3 Å². The van der Waals surface area contributed by atoms with Gasteiger partial charge < -0.3 is 60.3 Å². The van der Waals surface area contributed by atoms with E-state index in [-0.39, 0.29) is 137 Å². The number of urea groups is 2. The second-order valence-corrected chi connectivity index (χ2v) is 26.4. The summed E-state index contributed by atoms with van der Waals surface area (Å²) in [6, 6.07) is 23.5. The van der Waals surface area contributed by atoms with Gasteiger partial charge in [-0.1, -0.05) is 23.2 Å². The van der Waals surface area contributed by atoms with E-state index in [2.05, 4.69) is 63.3 Å². The minimum atomic E-state index is -3.83. The Hall–Kier alpha value is -5.92. The van der Waals surface area contributed by atoms with Crippen molar-refractivity contribution < 1.29 is 54.8 Å². The molecule has 88 heavy (non-hydrogen) atoms. The number of ether oxygens (including phenoxy) is 6. The van der Waals surface area contributed by atoms with E-state index in [9.17, 15) is 36.9 Å². The van der Waals surface area contributed by atoms with Crippen molar-refractivity contribution in [1.82, 2.24) is 51.1 Å². The number of nitrogens with zero attached hydrogens (tertiary/aromatic N) is 4. The van der Waals surface area contributed by atoms with Gasteiger partial charge in [0.1, 0.15) is 23.7 Å². The average Bonchev–Trinajstić information content (AvgIpc) is 2.40. The molecule has 0 bridgehead atoms. The highest BCUT2D eigenvalue weighted by Crippen LogP contribution is 2.43. The number of piperazine rings is 2. The highest BCUT2D eigenvalue weighted by molar-refractivity contribution is 7.89. The molecule has 1 saturated carbocycles. The molecule has 8 N–H and O–H groups in total. The molecule has 0 spiro atoms. The van der Waals surface area contributed by atoms with Crippen LogP contribution >= 0.6 is 23.2 Å². The molecule has 2 aliphatic heterocycles. The van der Waals surface area contributed by atoms with Crippen molar-refractivity contribution in [2.24, 2.45) is 0 Å². The van der Waals surface area contributed by atoms with Crippen LogP contribution in [0, 0.1) is 22.7 Å². The number of nitriles is 2. The van der Waals surface area contributed by atoms with Crippen LogP contribution < -0.4 is 50.8 Å². The molecular weight excluding hydrogens is 1220 g/mol. The summed E-state index contributed by atoms with van der Waals surface area (Å²) in [6.45, 7) is 9.17. The molecule has 4 aromatic carbocycles. The van der Waals surface area contributed by atoms with Gasteiger partial charge in [0.15, 0.2) is 0 Å². The quantitative estimate of drug-likeness (QED) is 0.0344. The number of amides is 4. The normalized spacial score (nSPS) is 21.3. The lowest BCUT2D eigenvalue weighted by Gasteiger charge is -2.36. The lowest BCUT2D eigenvalue weighted by molar-refractivity contribution is 0.0515. The van der Waals surface area contributed by atoms with E-state index < -0.39 is 20.0 Å². The third kappa shape index (κ3) is 18.6. The summed E-state index contributed by atoms with van der Waals surface area (Å²) in [5, 5.41) is 38.9. The fourth-order valence-electron chi connectivity index (χ4n) is 11.8. The fourth-order valence-corrected chi connectivity index (χ4v) is 14.3. The van der Waals surface area contributed by atoms with Crippen molar-refractivity contribution in [3.05, 3.63) is 116 Å². The van der Waals surface area contributed by atoms with Gasteiger partial charge in [-0.2, -0.15) is 10.5 Å². The van der Waals surface area contributed by atoms with Crippen molar-refractivity contribution in [3.63, 3.8) is 0 Å². The number of halogens is 2. The standard InChI is InChI=1S/C60H78Cl2N12O12S2/c61-43-33-41(39-63)51-37-55(73-21-13-65-14-22-73)57(53(51)35-43)85-47-5-9-49(10-6-47)87(77,78)69-19-27-83-31-29-81-25-17-67-59(75)71-45-1-2-46(4-3-45)72-60(76)68-18-26-82-30-32-84-28-20-70-88(79,80)50-11-7-48(8-12-50)86-58-54-36-44(62)34-42(40-64)52(54)38-56(58)74-23-15-66-16-24-74/h5-12,33-36,45-46,55-58,65-66,69-70H,1-4,13-32,37-38H2,(H2,67,71,75)(H2,68,72,76)/t45?,46?,55-,56-,57-,58-/m0/s1. The zero-order chi connectivity index (χ0) is 61.9. The highest BCUT2D eigenvalue weighted by Gasteiger charge is 2.42. The van der Waals surface area contributed by atoms with Crippen molar-refractivity contribution in [2.45, 2.75) is 84.7 Å². The van der Waals surface area contributed by atoms with Gasteiger partial charge in [-0.3, -0.25) is 9.80 Å². The van der Waals surface area contributed by atoms with E-state index in [0.29, 0.717) is 71.2 Å². The molecule has 28 heteroatoms. The Kier molecular flexibility index (Phi) is 24.7. The van der Waals surface area contributed by atoms with Crippen molar-refractivity contribution >= 4 is 55.3 Å². The number of sulfonamides is 2. The molecule has 24 nitrogen and oxygen atoms in total. The number of rotatable bonds is 30. The van der Waals surface area contributed by atoms with Crippen LogP contribution in [0.2, 0.25) is 10.0 Å². The third-order valence-corrected chi connectivity index (χ3v) is 19.6. The highest BCUT2D eigenvalue weighted by atomic mass is 35.5. The van der Waals surface area contributed by atoms with Gasteiger partial charge in [0.05, 0.1) is 98.0 Å². The maximum absolute atomic E-state index is 13.1. The SMILES string of the molecule is N#Cc1cc(Cl)cc2c1C[C@H](N1CCNCC1)[C@H]2Oc1ccc(S(=O)(=O)NCCOCCOCCNC(=O)NC2CCC(NC(=O)NCCOCCOCCNS(=O)(=O)c3ccc(O[C@H]4c5cc(Cl)cc(C#N)c5C[C@@H]4N4CCNCC4)cc3)CC2)cc1. The molecule has 476 valence electrons. The average molecular weight is 1290 g/mol. The Labute approximate surface area is 525 Å². The largest absolute Gasteiger partial charge is 0.484 e. The number of hydrogen-bond acceptors (Lipinski definition) is 18. The van der Waals surface area contributed by atoms with Gasteiger partial charge in [-0.05, 0) is 134 Å². The summed E-state index contributed by atoms with van der Waals surface area (Å²) in [6.07, 6.45) is 3.33. The smallest absolute Gasteiger partial charge is 0.315 e. The monoisotopic (exact) mass is 1290 g/mol. The molecule has 2 saturated heterocycles. The van der Waals surface area contributed by atoms with Crippen LogP contribution in [0.25, 0.3) is 0 Å². The molecule has 0 aromatic heterocycles. The Morgan fingerprint density at radius 3 is 1.23 bits per heavy atom. The van der Waals surface area contributed by atoms with E-state index in [1.807, 2.05) is 12.1 Å². The van der Waals surface area contributed by atoms with Crippen molar-refractivity contribution in [3.8, 4) is 23.6 Å². The van der Waals surface area contributed by atoms with E-state index in [1.54, 1.807) is 36.4 Å². The summed E-state index contributed by atoms with van der Waals surface area (Å²) in [5.74, 6) is 1.00.